The van der Waals surface area contributed by atoms with Crippen LogP contribution in [-0.2, 0) is 0 Å². The third-order valence-electron chi connectivity index (χ3n) is 4.87. The van der Waals surface area contributed by atoms with Gasteiger partial charge in [0, 0.05) is 23.8 Å². The Kier molecular flexibility index (Phi) is 6.24. The van der Waals surface area contributed by atoms with Gasteiger partial charge in [-0.15, -0.1) is 0 Å². The maximum atomic E-state index is 12.8. The average Bonchev–Trinajstić information content (AvgIpc) is 3.27. The summed E-state index contributed by atoms with van der Waals surface area (Å²) < 4.78 is 0. The summed E-state index contributed by atoms with van der Waals surface area (Å²) >= 11 is 1.08. The van der Waals surface area contributed by atoms with Gasteiger partial charge in [-0.05, 0) is 23.8 Å². The smallest absolute Gasteiger partial charge is 0.289 e. The fourth-order valence-corrected chi connectivity index (χ4v) is 4.22. The Balaban J connectivity index is 1.73. The standard InChI is InChI=1S/C22H13N5O7S/c28-21(17-11-10-16(26(31)32)12-18(17)27(33)34)24-22-23-19(13-4-2-1-3-5-13)20(35-22)14-6-8-15(9-7-14)25(29)30/h1-12H,(H,23,24,28). The summed E-state index contributed by atoms with van der Waals surface area (Å²) in [4.78, 5) is 49.1. The molecule has 0 spiro atoms. The Bertz CT molecular complexity index is 1470. The molecular formula is C22H13N5O7S. The van der Waals surface area contributed by atoms with Crippen molar-refractivity contribution in [3.8, 4) is 21.7 Å². The van der Waals surface area contributed by atoms with Gasteiger partial charge < -0.3 is 0 Å². The minimum Gasteiger partial charge on any atom is -0.298 e. The van der Waals surface area contributed by atoms with Gasteiger partial charge in [-0.25, -0.2) is 4.98 Å². The number of anilines is 1. The average molecular weight is 491 g/mol. The molecule has 1 N–H and O–H groups in total. The molecule has 35 heavy (non-hydrogen) atoms. The molecule has 1 heterocycles. The number of nitro groups is 3. The van der Waals surface area contributed by atoms with Crippen molar-refractivity contribution in [2.24, 2.45) is 0 Å². The molecule has 13 heteroatoms. The summed E-state index contributed by atoms with van der Waals surface area (Å²) in [5.41, 5.74) is 0.152. The van der Waals surface area contributed by atoms with E-state index in [-0.39, 0.29) is 16.4 Å². The highest BCUT2D eigenvalue weighted by atomic mass is 32.1. The molecule has 3 aromatic carbocycles. The van der Waals surface area contributed by atoms with Crippen molar-refractivity contribution in [2.75, 3.05) is 5.32 Å². The number of benzene rings is 3. The van der Waals surface area contributed by atoms with Gasteiger partial charge in [0.1, 0.15) is 5.56 Å². The summed E-state index contributed by atoms with van der Waals surface area (Å²) in [6.07, 6.45) is 0. The number of nitrogens with zero attached hydrogens (tertiary/aromatic N) is 4. The Morgan fingerprint density at radius 2 is 1.40 bits per heavy atom. The highest BCUT2D eigenvalue weighted by Crippen LogP contribution is 2.40. The molecule has 4 rings (SSSR count). The monoisotopic (exact) mass is 491 g/mol. The molecule has 0 radical (unpaired) electrons. The van der Waals surface area contributed by atoms with Crippen LogP contribution >= 0.6 is 11.3 Å². The number of non-ortho nitro benzene ring substituents is 2. The van der Waals surface area contributed by atoms with Crippen molar-refractivity contribution in [2.45, 2.75) is 0 Å². The largest absolute Gasteiger partial charge is 0.298 e. The number of rotatable bonds is 7. The molecule has 0 aliphatic heterocycles. The molecule has 0 bridgehead atoms. The first-order valence-electron chi connectivity index (χ1n) is 9.80. The molecule has 0 aliphatic carbocycles. The Morgan fingerprint density at radius 1 is 0.771 bits per heavy atom. The van der Waals surface area contributed by atoms with E-state index >= 15 is 0 Å². The van der Waals surface area contributed by atoms with Gasteiger partial charge in [-0.3, -0.25) is 40.5 Å². The Hall–Kier alpha value is -5.04. The summed E-state index contributed by atoms with van der Waals surface area (Å²) in [7, 11) is 0. The lowest BCUT2D eigenvalue weighted by atomic mass is 10.1. The normalized spacial score (nSPS) is 10.5. The van der Waals surface area contributed by atoms with Crippen molar-refractivity contribution in [1.29, 1.82) is 0 Å². The van der Waals surface area contributed by atoms with Crippen LogP contribution in [0.15, 0.2) is 72.8 Å². The van der Waals surface area contributed by atoms with Crippen molar-refractivity contribution in [3.63, 3.8) is 0 Å². The zero-order valence-corrected chi connectivity index (χ0v) is 18.3. The SMILES string of the molecule is O=C(Nc1nc(-c2ccccc2)c(-c2ccc([N+](=O)[O-])cc2)s1)c1ccc([N+](=O)[O-])cc1[N+](=O)[O-]. The van der Waals surface area contributed by atoms with E-state index in [0.29, 0.717) is 22.2 Å². The van der Waals surface area contributed by atoms with Crippen molar-refractivity contribution < 1.29 is 19.6 Å². The van der Waals surface area contributed by atoms with Crippen molar-refractivity contribution >= 4 is 39.4 Å². The van der Waals surface area contributed by atoms with Gasteiger partial charge in [-0.1, -0.05) is 41.7 Å². The molecular weight excluding hydrogens is 478 g/mol. The highest BCUT2D eigenvalue weighted by Gasteiger charge is 2.25. The summed E-state index contributed by atoms with van der Waals surface area (Å²) in [5, 5.41) is 36.0. The number of carbonyl (C=O) groups is 1. The van der Waals surface area contributed by atoms with E-state index in [2.05, 4.69) is 10.3 Å². The topological polar surface area (TPSA) is 171 Å². The van der Waals surface area contributed by atoms with Gasteiger partial charge in [0.05, 0.1) is 31.4 Å². The maximum Gasteiger partial charge on any atom is 0.289 e. The quantitative estimate of drug-likeness (QED) is 0.262. The van der Waals surface area contributed by atoms with Crippen LogP contribution in [-0.4, -0.2) is 25.7 Å². The van der Waals surface area contributed by atoms with Gasteiger partial charge in [0.25, 0.3) is 23.0 Å². The minimum atomic E-state index is -0.874. The van der Waals surface area contributed by atoms with Gasteiger partial charge in [-0.2, -0.15) is 0 Å². The van der Waals surface area contributed by atoms with Crippen molar-refractivity contribution in [1.82, 2.24) is 4.98 Å². The number of nitro benzene ring substituents is 3. The molecule has 0 saturated heterocycles. The maximum absolute atomic E-state index is 12.8. The third kappa shape index (κ3) is 4.84. The van der Waals surface area contributed by atoms with E-state index in [1.54, 1.807) is 36.4 Å². The second kappa shape index (κ2) is 9.44. The fourth-order valence-electron chi connectivity index (χ4n) is 3.24. The number of hydrogen-bond acceptors (Lipinski definition) is 9. The first-order valence-corrected chi connectivity index (χ1v) is 10.6. The molecule has 174 valence electrons. The number of thiazole rings is 1. The zero-order valence-electron chi connectivity index (χ0n) is 17.5. The van der Waals surface area contributed by atoms with Crippen LogP contribution in [0.25, 0.3) is 21.7 Å². The van der Waals surface area contributed by atoms with E-state index in [1.165, 1.54) is 12.1 Å². The molecule has 0 aliphatic rings. The van der Waals surface area contributed by atoms with Crippen LogP contribution in [0.2, 0.25) is 0 Å². The lowest BCUT2D eigenvalue weighted by Gasteiger charge is -2.03. The summed E-state index contributed by atoms with van der Waals surface area (Å²) in [5.74, 6) is -0.866. The number of aromatic nitrogens is 1. The van der Waals surface area contributed by atoms with Gasteiger partial charge in [0.2, 0.25) is 0 Å². The second-order valence-corrected chi connectivity index (χ2v) is 8.04. The minimum absolute atomic E-state index is 0.0847. The Labute approximate surface area is 199 Å². The first-order chi connectivity index (χ1) is 16.7. The second-order valence-electron chi connectivity index (χ2n) is 7.04. The molecule has 1 amide bonds. The predicted molar refractivity (Wildman–Crippen MR) is 127 cm³/mol. The number of nitrogens with one attached hydrogen (secondary N) is 1. The van der Waals surface area contributed by atoms with Gasteiger partial charge in [0.15, 0.2) is 5.13 Å². The molecule has 0 atom stereocenters. The summed E-state index contributed by atoms with van der Waals surface area (Å²) in [6, 6.07) is 17.6. The molecule has 0 fully saturated rings. The number of hydrogen-bond donors (Lipinski definition) is 1. The highest BCUT2D eigenvalue weighted by molar-refractivity contribution is 7.19. The van der Waals surface area contributed by atoms with E-state index in [0.717, 1.165) is 29.0 Å². The van der Waals surface area contributed by atoms with Crippen LogP contribution in [0.1, 0.15) is 10.4 Å². The summed E-state index contributed by atoms with van der Waals surface area (Å²) in [6.45, 7) is 0. The Morgan fingerprint density at radius 3 is 2.00 bits per heavy atom. The molecule has 0 unspecified atom stereocenters. The number of carbonyl (C=O) groups excluding carboxylic acids is 1. The van der Waals surface area contributed by atoms with Gasteiger partial charge >= 0.3 is 0 Å². The molecule has 0 saturated carbocycles. The van der Waals surface area contributed by atoms with Crippen molar-refractivity contribution in [3.05, 3.63) is 109 Å². The fraction of sp³-hybridized carbons (Fsp3) is 0. The van der Waals surface area contributed by atoms with Crippen LogP contribution in [0.3, 0.4) is 0 Å². The first kappa shape index (κ1) is 23.1. The molecule has 4 aromatic rings. The molecule has 1 aromatic heterocycles. The predicted octanol–water partition coefficient (Wildman–Crippen LogP) is 5.45. The lowest BCUT2D eigenvalue weighted by Crippen LogP contribution is -2.14. The zero-order chi connectivity index (χ0) is 25.1. The van der Waals surface area contributed by atoms with E-state index in [9.17, 15) is 35.1 Å². The van der Waals surface area contributed by atoms with Crippen LogP contribution < -0.4 is 5.32 Å². The van der Waals surface area contributed by atoms with Crippen LogP contribution in [0.5, 0.6) is 0 Å². The van der Waals surface area contributed by atoms with Crippen LogP contribution in [0, 0.1) is 30.3 Å². The lowest BCUT2D eigenvalue weighted by molar-refractivity contribution is -0.394. The van der Waals surface area contributed by atoms with E-state index in [1.807, 2.05) is 6.07 Å². The number of amides is 1. The third-order valence-corrected chi connectivity index (χ3v) is 5.89. The van der Waals surface area contributed by atoms with E-state index in [4.69, 9.17) is 0 Å². The van der Waals surface area contributed by atoms with Crippen LogP contribution in [0.4, 0.5) is 22.2 Å². The van der Waals surface area contributed by atoms with E-state index < -0.39 is 32.1 Å². The molecule has 12 nitrogen and oxygen atoms in total.